The molecule has 0 spiro atoms. The Kier molecular flexibility index (Phi) is 5.74. The average molecular weight is 309 g/mol. The number of nitrogens with one attached hydrogen (secondary N) is 1. The predicted octanol–water partition coefficient (Wildman–Crippen LogP) is 0.725. The molecule has 0 unspecified atom stereocenters. The van der Waals surface area contributed by atoms with Crippen molar-refractivity contribution in [3.05, 3.63) is 22.4 Å². The van der Waals surface area contributed by atoms with Crippen molar-refractivity contribution in [2.75, 3.05) is 32.9 Å². The van der Waals surface area contributed by atoms with Crippen molar-refractivity contribution in [3.63, 3.8) is 0 Å². The number of morpholine rings is 1. The first-order valence-electron chi connectivity index (χ1n) is 7.26. The minimum absolute atomic E-state index is 0.235. The number of rotatable bonds is 6. The molecule has 114 valence electrons. The molecule has 1 aliphatic rings. The molecule has 1 N–H and O–H groups in total. The number of carbonyl (C=O) groups excluding carboxylic acids is 1. The Morgan fingerprint density at radius 2 is 2.33 bits per heavy atom. The second-order valence-corrected chi connectivity index (χ2v) is 5.96. The molecular weight excluding hydrogens is 288 g/mol. The van der Waals surface area contributed by atoms with E-state index in [-0.39, 0.29) is 12.4 Å². The van der Waals surface area contributed by atoms with E-state index in [1.165, 1.54) is 4.90 Å². The maximum atomic E-state index is 11.7. The molecule has 6 heteroatoms. The molecule has 1 aromatic heterocycles. The molecule has 0 aromatic carbocycles. The van der Waals surface area contributed by atoms with Crippen LogP contribution in [0.25, 0.3) is 0 Å². The van der Waals surface area contributed by atoms with Crippen LogP contribution in [0.1, 0.15) is 24.6 Å². The van der Waals surface area contributed by atoms with Gasteiger partial charge in [-0.2, -0.15) is 5.26 Å². The predicted molar refractivity (Wildman–Crippen MR) is 79.0 cm³/mol. The lowest BCUT2D eigenvalue weighted by molar-refractivity contribution is -0.958. The van der Waals surface area contributed by atoms with Crippen LogP contribution in [-0.4, -0.2) is 38.9 Å². The number of esters is 1. The molecule has 1 fully saturated rings. The highest BCUT2D eigenvalue weighted by Gasteiger charge is 2.45. The topological polar surface area (TPSA) is 63.8 Å². The van der Waals surface area contributed by atoms with Gasteiger partial charge in [-0.25, -0.2) is 0 Å². The first kappa shape index (κ1) is 16.0. The van der Waals surface area contributed by atoms with Crippen molar-refractivity contribution in [1.29, 1.82) is 5.26 Å². The minimum Gasteiger partial charge on any atom is -0.466 e. The smallest absolute Gasteiger partial charge is 0.306 e. The molecule has 1 saturated heterocycles. The first-order valence-corrected chi connectivity index (χ1v) is 8.14. The number of nitriles is 1. The third kappa shape index (κ3) is 3.62. The quantitative estimate of drug-likeness (QED) is 0.787. The van der Waals surface area contributed by atoms with Gasteiger partial charge in [0.25, 0.3) is 0 Å². The van der Waals surface area contributed by atoms with Crippen molar-refractivity contribution in [1.82, 2.24) is 0 Å². The number of thiophene rings is 1. The molecule has 0 amide bonds. The Labute approximate surface area is 129 Å². The maximum Gasteiger partial charge on any atom is 0.306 e. The lowest BCUT2D eigenvalue weighted by Crippen LogP contribution is -3.20. The van der Waals surface area contributed by atoms with Gasteiger partial charge >= 0.3 is 5.97 Å². The molecule has 0 radical (unpaired) electrons. The van der Waals surface area contributed by atoms with E-state index in [4.69, 9.17) is 9.47 Å². The molecule has 2 heterocycles. The molecule has 21 heavy (non-hydrogen) atoms. The highest BCUT2D eigenvalue weighted by atomic mass is 32.1. The van der Waals surface area contributed by atoms with Gasteiger partial charge in [0, 0.05) is 6.42 Å². The SMILES string of the molecule is CCOC(=O)CC[C@](C#N)(c1cccs1)[NH+]1CCOCC1. The van der Waals surface area contributed by atoms with E-state index in [1.54, 1.807) is 18.3 Å². The summed E-state index contributed by atoms with van der Waals surface area (Å²) in [5.41, 5.74) is -0.676. The van der Waals surface area contributed by atoms with Crippen LogP contribution in [0.2, 0.25) is 0 Å². The number of hydrogen-bond acceptors (Lipinski definition) is 5. The van der Waals surface area contributed by atoms with Crippen molar-refractivity contribution >= 4 is 17.3 Å². The first-order chi connectivity index (χ1) is 10.2. The molecule has 0 saturated carbocycles. The summed E-state index contributed by atoms with van der Waals surface area (Å²) in [6.07, 6.45) is 0.752. The van der Waals surface area contributed by atoms with Gasteiger partial charge in [0.15, 0.2) is 0 Å². The van der Waals surface area contributed by atoms with Crippen LogP contribution in [0.3, 0.4) is 0 Å². The van der Waals surface area contributed by atoms with Crippen LogP contribution < -0.4 is 4.90 Å². The van der Waals surface area contributed by atoms with Gasteiger partial charge < -0.3 is 14.4 Å². The van der Waals surface area contributed by atoms with Crippen LogP contribution in [0, 0.1) is 11.3 Å². The van der Waals surface area contributed by atoms with E-state index in [1.807, 2.05) is 17.5 Å². The normalized spacial score (nSPS) is 18.7. The van der Waals surface area contributed by atoms with Crippen LogP contribution in [0.15, 0.2) is 17.5 Å². The maximum absolute atomic E-state index is 11.7. The van der Waals surface area contributed by atoms with Crippen LogP contribution in [0.4, 0.5) is 0 Å². The lowest BCUT2D eigenvalue weighted by atomic mass is 9.90. The third-order valence-electron chi connectivity index (χ3n) is 3.84. The van der Waals surface area contributed by atoms with Gasteiger partial charge in [-0.15, -0.1) is 11.3 Å². The summed E-state index contributed by atoms with van der Waals surface area (Å²) in [6, 6.07) is 6.44. The Morgan fingerprint density at radius 3 is 2.90 bits per heavy atom. The fourth-order valence-electron chi connectivity index (χ4n) is 2.75. The number of carbonyl (C=O) groups is 1. The zero-order valence-corrected chi connectivity index (χ0v) is 13.1. The highest BCUT2D eigenvalue weighted by Crippen LogP contribution is 2.27. The number of nitrogens with zero attached hydrogens (tertiary/aromatic N) is 1. The van der Waals surface area contributed by atoms with Crippen LogP contribution in [-0.2, 0) is 19.8 Å². The summed E-state index contributed by atoms with van der Waals surface area (Å²) < 4.78 is 10.4. The molecule has 5 nitrogen and oxygen atoms in total. The van der Waals surface area contributed by atoms with E-state index < -0.39 is 5.54 Å². The molecule has 1 aliphatic heterocycles. The van der Waals surface area contributed by atoms with Gasteiger partial charge in [0.1, 0.15) is 19.2 Å². The van der Waals surface area contributed by atoms with Gasteiger partial charge in [-0.3, -0.25) is 4.79 Å². The van der Waals surface area contributed by atoms with Crippen molar-refractivity contribution < 1.29 is 19.2 Å². The molecule has 0 bridgehead atoms. The average Bonchev–Trinajstić information content (AvgIpc) is 3.05. The van der Waals surface area contributed by atoms with Crippen molar-refractivity contribution in [2.45, 2.75) is 25.3 Å². The summed E-state index contributed by atoms with van der Waals surface area (Å²) in [7, 11) is 0. The zero-order valence-electron chi connectivity index (χ0n) is 12.3. The number of quaternary nitrogens is 1. The van der Waals surface area contributed by atoms with Crippen LogP contribution in [0.5, 0.6) is 0 Å². The van der Waals surface area contributed by atoms with Crippen molar-refractivity contribution in [3.8, 4) is 6.07 Å². The largest absolute Gasteiger partial charge is 0.466 e. The van der Waals surface area contributed by atoms with E-state index in [0.29, 0.717) is 26.2 Å². The molecular formula is C15H21N2O3S+. The van der Waals surface area contributed by atoms with Crippen LogP contribution >= 0.6 is 11.3 Å². The number of ether oxygens (including phenoxy) is 2. The summed E-state index contributed by atoms with van der Waals surface area (Å²) in [5.74, 6) is -0.235. The fraction of sp³-hybridized carbons (Fsp3) is 0.600. The summed E-state index contributed by atoms with van der Waals surface area (Å²) >= 11 is 1.58. The second-order valence-electron chi connectivity index (χ2n) is 5.02. The molecule has 0 aliphatic carbocycles. The molecule has 1 aromatic rings. The minimum atomic E-state index is -0.676. The molecule has 2 rings (SSSR count). The molecule has 1 atom stereocenters. The summed E-state index contributed by atoms with van der Waals surface area (Å²) in [6.45, 7) is 5.05. The lowest BCUT2D eigenvalue weighted by Gasteiger charge is -2.37. The fourth-order valence-corrected chi connectivity index (χ4v) is 3.71. The number of hydrogen-bond donors (Lipinski definition) is 1. The van der Waals surface area contributed by atoms with Gasteiger partial charge in [-0.1, -0.05) is 6.07 Å². The Bertz CT molecular complexity index is 492. The van der Waals surface area contributed by atoms with Gasteiger partial charge in [0.05, 0.1) is 31.1 Å². The highest BCUT2D eigenvalue weighted by molar-refractivity contribution is 7.10. The Hall–Kier alpha value is -1.42. The summed E-state index contributed by atoms with van der Waals surface area (Å²) in [5, 5.41) is 11.9. The standard InChI is InChI=1S/C15H20N2O3S/c1-2-20-14(18)5-6-15(12-16,13-4-3-11-21-13)17-7-9-19-10-8-17/h3-4,11H,2,5-10H2,1H3/p+1/t15-/m0/s1. The van der Waals surface area contributed by atoms with E-state index >= 15 is 0 Å². The summed E-state index contributed by atoms with van der Waals surface area (Å²) in [4.78, 5) is 13.9. The van der Waals surface area contributed by atoms with Gasteiger partial charge in [0.2, 0.25) is 5.54 Å². The van der Waals surface area contributed by atoms with E-state index in [2.05, 4.69) is 6.07 Å². The zero-order chi connectivity index (χ0) is 15.1. The third-order valence-corrected chi connectivity index (χ3v) is 4.87. The Balaban J connectivity index is 2.20. The van der Waals surface area contributed by atoms with E-state index in [0.717, 1.165) is 18.0 Å². The monoisotopic (exact) mass is 309 g/mol. The van der Waals surface area contributed by atoms with E-state index in [9.17, 15) is 10.1 Å². The van der Waals surface area contributed by atoms with Gasteiger partial charge in [-0.05, 0) is 18.4 Å². The van der Waals surface area contributed by atoms with Crippen molar-refractivity contribution in [2.24, 2.45) is 0 Å². The Morgan fingerprint density at radius 1 is 1.57 bits per heavy atom. The second kappa shape index (κ2) is 7.55.